The Morgan fingerprint density at radius 1 is 1.07 bits per heavy atom. The molecular formula is C22H20FN3O3S. The Bertz CT molecular complexity index is 1340. The molecular weight excluding hydrogens is 405 g/mol. The van der Waals surface area contributed by atoms with Gasteiger partial charge in [-0.15, -0.1) is 0 Å². The summed E-state index contributed by atoms with van der Waals surface area (Å²) in [6.45, 7) is 0.453. The van der Waals surface area contributed by atoms with Crippen LogP contribution in [-0.2, 0) is 16.4 Å². The van der Waals surface area contributed by atoms with E-state index in [9.17, 15) is 17.6 Å². The number of fused-ring (bicyclic) bond motifs is 6. The van der Waals surface area contributed by atoms with Crippen LogP contribution in [0.2, 0.25) is 0 Å². The lowest BCUT2D eigenvalue weighted by Crippen LogP contribution is -2.52. The monoisotopic (exact) mass is 425 g/mol. The second-order valence-corrected chi connectivity index (χ2v) is 10.3. The van der Waals surface area contributed by atoms with Crippen LogP contribution in [0, 0.1) is 5.82 Å². The van der Waals surface area contributed by atoms with E-state index in [0.717, 1.165) is 10.9 Å². The van der Waals surface area contributed by atoms with Crippen LogP contribution in [0.5, 0.6) is 0 Å². The van der Waals surface area contributed by atoms with Gasteiger partial charge in [0.1, 0.15) is 12.0 Å². The van der Waals surface area contributed by atoms with Crippen molar-refractivity contribution in [2.75, 3.05) is 18.5 Å². The zero-order chi connectivity index (χ0) is 20.8. The molecule has 2 aromatic carbocycles. The molecule has 0 N–H and O–H groups in total. The first-order valence-corrected chi connectivity index (χ1v) is 11.6. The molecule has 0 radical (unpaired) electrons. The molecule has 154 valence electrons. The predicted octanol–water partition coefficient (Wildman–Crippen LogP) is 3.27. The van der Waals surface area contributed by atoms with Gasteiger partial charge in [-0.1, -0.05) is 24.3 Å². The molecule has 1 amide bonds. The Morgan fingerprint density at radius 3 is 2.60 bits per heavy atom. The van der Waals surface area contributed by atoms with E-state index in [1.807, 2.05) is 24.3 Å². The lowest BCUT2D eigenvalue weighted by atomic mass is 9.96. The summed E-state index contributed by atoms with van der Waals surface area (Å²) < 4.78 is 43.2. The average molecular weight is 425 g/mol. The number of benzene rings is 2. The number of hydrogen-bond acceptors (Lipinski definition) is 4. The zero-order valence-electron chi connectivity index (χ0n) is 16.4. The Morgan fingerprint density at radius 2 is 1.83 bits per heavy atom. The number of carbonyl (C=O) groups is 1. The molecule has 6 rings (SSSR count). The van der Waals surface area contributed by atoms with Crippen LogP contribution >= 0.6 is 0 Å². The molecule has 3 aromatic rings. The summed E-state index contributed by atoms with van der Waals surface area (Å²) in [7, 11) is -1.88. The van der Waals surface area contributed by atoms with Gasteiger partial charge in [-0.25, -0.2) is 16.8 Å². The van der Waals surface area contributed by atoms with Crippen molar-refractivity contribution < 1.29 is 17.6 Å². The normalized spacial score (nSPS) is 20.9. The van der Waals surface area contributed by atoms with Crippen LogP contribution in [-0.4, -0.2) is 42.0 Å². The third kappa shape index (κ3) is 2.17. The maximum Gasteiger partial charge on any atom is 0.258 e. The first-order valence-electron chi connectivity index (χ1n) is 10.1. The molecule has 1 saturated carbocycles. The second-order valence-electron chi connectivity index (χ2n) is 8.26. The Kier molecular flexibility index (Phi) is 3.50. The Hall–Kier alpha value is -2.87. The van der Waals surface area contributed by atoms with Gasteiger partial charge in [-0.2, -0.15) is 0 Å². The van der Waals surface area contributed by atoms with Crippen LogP contribution in [0.25, 0.3) is 10.9 Å². The Balaban J connectivity index is 1.68. The molecule has 1 aromatic heterocycles. The number of anilines is 1. The van der Waals surface area contributed by atoms with Crippen LogP contribution < -0.4 is 4.90 Å². The summed E-state index contributed by atoms with van der Waals surface area (Å²) in [5.41, 5.74) is 2.66. The Labute approximate surface area is 173 Å². The minimum Gasteiger partial charge on any atom is -0.346 e. The molecule has 2 aliphatic heterocycles. The first-order chi connectivity index (χ1) is 14.4. The number of halogens is 1. The highest BCUT2D eigenvalue weighted by atomic mass is 32.2. The molecule has 1 aliphatic carbocycles. The van der Waals surface area contributed by atoms with Crippen LogP contribution in [0.3, 0.4) is 0 Å². The number of hydrogen-bond donors (Lipinski definition) is 0. The topological polar surface area (TPSA) is 62.6 Å². The van der Waals surface area contributed by atoms with E-state index in [2.05, 4.69) is 0 Å². The van der Waals surface area contributed by atoms with Crippen LogP contribution in [0.15, 0.2) is 42.5 Å². The lowest BCUT2D eigenvalue weighted by Gasteiger charge is -2.46. The standard InChI is InChI=1S/C22H20FN3O3S/c1-24-19-16(6-4-7-17(19)23)22(27)25-12-11-15-14-5-2-3-8-18(14)26(20(15)21(24)25)30(28,29)13-9-10-13/h2-8,13,21H,9-12H2,1H3. The number of rotatable bonds is 2. The number of aromatic nitrogens is 1. The van der Waals surface area contributed by atoms with E-state index in [0.29, 0.717) is 42.6 Å². The maximum atomic E-state index is 14.8. The fourth-order valence-electron chi connectivity index (χ4n) is 5.04. The highest BCUT2D eigenvalue weighted by Gasteiger charge is 2.47. The average Bonchev–Trinajstić information content (AvgIpc) is 3.53. The van der Waals surface area contributed by atoms with Gasteiger partial charge in [0, 0.05) is 19.0 Å². The number of amides is 1. The number of carbonyl (C=O) groups excluding carboxylic acids is 1. The van der Waals surface area contributed by atoms with Crippen molar-refractivity contribution >= 4 is 32.5 Å². The maximum absolute atomic E-state index is 14.8. The summed E-state index contributed by atoms with van der Waals surface area (Å²) in [5.74, 6) is -0.748. The summed E-state index contributed by atoms with van der Waals surface area (Å²) in [6.07, 6.45) is 1.17. The molecule has 3 aliphatic rings. The van der Waals surface area contributed by atoms with Gasteiger partial charge in [0.25, 0.3) is 5.91 Å². The van der Waals surface area contributed by atoms with E-state index in [1.165, 1.54) is 16.1 Å². The molecule has 8 heteroatoms. The lowest BCUT2D eigenvalue weighted by molar-refractivity contribution is 0.0631. The molecule has 1 unspecified atom stereocenters. The van der Waals surface area contributed by atoms with Crippen molar-refractivity contribution in [1.82, 2.24) is 8.87 Å². The van der Waals surface area contributed by atoms with Gasteiger partial charge in [0.2, 0.25) is 10.0 Å². The minimum absolute atomic E-state index is 0.220. The summed E-state index contributed by atoms with van der Waals surface area (Å²) in [4.78, 5) is 16.6. The van der Waals surface area contributed by atoms with Gasteiger partial charge in [0.15, 0.2) is 0 Å². The fraction of sp³-hybridized carbons (Fsp3) is 0.318. The fourth-order valence-corrected chi connectivity index (χ4v) is 6.98. The predicted molar refractivity (Wildman–Crippen MR) is 112 cm³/mol. The van der Waals surface area contributed by atoms with Crippen LogP contribution in [0.1, 0.15) is 40.6 Å². The van der Waals surface area contributed by atoms with E-state index >= 15 is 0 Å². The molecule has 0 saturated heterocycles. The van der Waals surface area contributed by atoms with E-state index in [4.69, 9.17) is 0 Å². The SMILES string of the molecule is CN1c2c(F)cccc2C(=O)N2CCc3c(n(S(=O)(=O)C4CC4)c4ccccc34)C21. The van der Waals surface area contributed by atoms with E-state index < -0.39 is 27.3 Å². The highest BCUT2D eigenvalue weighted by molar-refractivity contribution is 7.91. The molecule has 0 spiro atoms. The molecule has 1 fully saturated rings. The minimum atomic E-state index is -3.61. The second kappa shape index (κ2) is 5.85. The van der Waals surface area contributed by atoms with Gasteiger partial charge >= 0.3 is 0 Å². The third-order valence-electron chi connectivity index (χ3n) is 6.52. The van der Waals surface area contributed by atoms with Gasteiger partial charge in [0.05, 0.1) is 27.7 Å². The summed E-state index contributed by atoms with van der Waals surface area (Å²) in [6, 6.07) is 12.0. The largest absolute Gasteiger partial charge is 0.346 e. The van der Waals surface area contributed by atoms with E-state index in [-0.39, 0.29) is 11.6 Å². The van der Waals surface area contributed by atoms with Crippen molar-refractivity contribution in [2.24, 2.45) is 0 Å². The highest BCUT2D eigenvalue weighted by Crippen LogP contribution is 2.46. The van der Waals surface area contributed by atoms with Crippen molar-refractivity contribution in [2.45, 2.75) is 30.7 Å². The smallest absolute Gasteiger partial charge is 0.258 e. The molecule has 1 atom stereocenters. The number of nitrogens with zero attached hydrogens (tertiary/aromatic N) is 3. The van der Waals surface area contributed by atoms with Crippen molar-refractivity contribution in [3.8, 4) is 0 Å². The van der Waals surface area contributed by atoms with Crippen molar-refractivity contribution in [3.63, 3.8) is 0 Å². The van der Waals surface area contributed by atoms with Crippen molar-refractivity contribution in [1.29, 1.82) is 0 Å². The van der Waals surface area contributed by atoms with Gasteiger partial charge in [-0.3, -0.25) is 4.79 Å². The molecule has 30 heavy (non-hydrogen) atoms. The number of para-hydroxylation sites is 2. The molecule has 3 heterocycles. The quantitative estimate of drug-likeness (QED) is 0.632. The molecule has 6 nitrogen and oxygen atoms in total. The van der Waals surface area contributed by atoms with E-state index in [1.54, 1.807) is 22.9 Å². The zero-order valence-corrected chi connectivity index (χ0v) is 17.2. The summed E-state index contributed by atoms with van der Waals surface area (Å²) in [5, 5.41) is 0.484. The first kappa shape index (κ1) is 17.9. The van der Waals surface area contributed by atoms with Crippen molar-refractivity contribution in [3.05, 3.63) is 65.1 Å². The van der Waals surface area contributed by atoms with Gasteiger partial charge < -0.3 is 9.80 Å². The van der Waals surface area contributed by atoms with Gasteiger partial charge in [-0.05, 0) is 43.0 Å². The molecule has 0 bridgehead atoms. The van der Waals surface area contributed by atoms with Crippen LogP contribution in [0.4, 0.5) is 10.1 Å². The summed E-state index contributed by atoms with van der Waals surface area (Å²) >= 11 is 0. The third-order valence-corrected chi connectivity index (χ3v) is 8.73.